The molecule has 1 saturated carbocycles. The normalized spacial score (nSPS) is 22.3. The van der Waals surface area contributed by atoms with E-state index in [2.05, 4.69) is 58.5 Å². The minimum absolute atomic E-state index is 0.0323. The number of aromatic nitrogens is 2. The fourth-order valence-electron chi connectivity index (χ4n) is 5.44. The number of rotatable bonds is 8. The quantitative estimate of drug-likeness (QED) is 0.415. The summed E-state index contributed by atoms with van der Waals surface area (Å²) in [5.41, 5.74) is 3.37. The van der Waals surface area contributed by atoms with E-state index in [-0.39, 0.29) is 22.8 Å². The Morgan fingerprint density at radius 2 is 1.87 bits per heavy atom. The van der Waals surface area contributed by atoms with Crippen LogP contribution in [-0.2, 0) is 20.3 Å². The molecular weight excluding hydrogens is 527 g/mol. The molecule has 3 aromatic rings. The van der Waals surface area contributed by atoms with Crippen LogP contribution in [0.5, 0.6) is 0 Å². The second-order valence-electron chi connectivity index (χ2n) is 10.4. The summed E-state index contributed by atoms with van der Waals surface area (Å²) in [5, 5.41) is 3.59. The Bertz CT molecular complexity index is 1390. The topological polar surface area (TPSA) is 84.4 Å². The third-order valence-corrected chi connectivity index (χ3v) is 9.62. The lowest BCUT2D eigenvalue weighted by Gasteiger charge is -2.41. The Balaban J connectivity index is 1.31. The van der Waals surface area contributed by atoms with E-state index < -0.39 is 26.3 Å². The predicted molar refractivity (Wildman–Crippen MR) is 146 cm³/mol. The van der Waals surface area contributed by atoms with E-state index in [1.54, 1.807) is 0 Å². The van der Waals surface area contributed by atoms with E-state index in [4.69, 9.17) is 16.3 Å². The number of hydrogen-bond donors (Lipinski definition) is 1. The molecular formula is C28H32ClFN4O3S. The molecule has 2 aromatic carbocycles. The van der Waals surface area contributed by atoms with E-state index in [1.165, 1.54) is 41.9 Å². The molecule has 1 aliphatic carbocycles. The van der Waals surface area contributed by atoms with Gasteiger partial charge in [0.1, 0.15) is 17.0 Å². The van der Waals surface area contributed by atoms with Crippen molar-refractivity contribution in [2.45, 2.75) is 53.8 Å². The van der Waals surface area contributed by atoms with Gasteiger partial charge in [0, 0.05) is 24.2 Å². The van der Waals surface area contributed by atoms with Crippen LogP contribution in [0.25, 0.3) is 0 Å². The van der Waals surface area contributed by atoms with Crippen molar-refractivity contribution in [3.63, 3.8) is 0 Å². The van der Waals surface area contributed by atoms with E-state index in [9.17, 15) is 8.42 Å². The summed E-state index contributed by atoms with van der Waals surface area (Å²) >= 11 is 6.50. The molecule has 3 atom stereocenters. The average molecular weight is 559 g/mol. The fourth-order valence-corrected chi connectivity index (χ4v) is 7.09. The van der Waals surface area contributed by atoms with Gasteiger partial charge in [0.2, 0.25) is 0 Å². The van der Waals surface area contributed by atoms with Crippen LogP contribution < -0.4 is 5.32 Å². The first-order valence-electron chi connectivity index (χ1n) is 12.8. The Kier molecular flexibility index (Phi) is 8.00. The van der Waals surface area contributed by atoms with Gasteiger partial charge in [-0.3, -0.25) is 0 Å². The highest BCUT2D eigenvalue weighted by Crippen LogP contribution is 2.39. The zero-order valence-electron chi connectivity index (χ0n) is 21.5. The number of likely N-dealkylation sites (N-methyl/N-ethyl adjacent to an activating group) is 1. The van der Waals surface area contributed by atoms with E-state index in [0.29, 0.717) is 17.5 Å². The number of anilines is 1. The standard InChI is InChI=1S/C28H32ClFN4O3S/c1-34(2)27-11-20(18-4-3-5-19(10-18)21-14-37-15-21)6-7-25(27)33-26-13-24(30)28(12-23(26)29)38(35,36)16-22-8-9-31-17-32-22/h3-5,8-10,12-13,17,20-21,25,27,33H,6-7,11,14-16H2,1-2H3/t20-,25-,27-/m0/s1. The van der Waals surface area contributed by atoms with E-state index >= 15 is 4.39 Å². The summed E-state index contributed by atoms with van der Waals surface area (Å²) in [6.07, 6.45) is 5.51. The molecule has 1 aliphatic heterocycles. The molecule has 0 bridgehead atoms. The Morgan fingerprint density at radius 1 is 1.11 bits per heavy atom. The second kappa shape index (κ2) is 11.3. The molecule has 0 spiro atoms. The minimum atomic E-state index is -3.98. The van der Waals surface area contributed by atoms with Crippen molar-refractivity contribution in [1.82, 2.24) is 14.9 Å². The molecule has 38 heavy (non-hydrogen) atoms. The van der Waals surface area contributed by atoms with Gasteiger partial charge in [0.15, 0.2) is 9.84 Å². The van der Waals surface area contributed by atoms with Crippen LogP contribution in [-0.4, -0.2) is 62.7 Å². The molecule has 0 radical (unpaired) electrons. The Labute approximate surface area is 228 Å². The highest BCUT2D eigenvalue weighted by Gasteiger charge is 2.34. The van der Waals surface area contributed by atoms with Gasteiger partial charge in [-0.2, -0.15) is 0 Å². The van der Waals surface area contributed by atoms with Crippen LogP contribution in [0.1, 0.15) is 47.9 Å². The maximum absolute atomic E-state index is 15.1. The van der Waals surface area contributed by atoms with Gasteiger partial charge in [-0.05, 0) is 68.6 Å². The van der Waals surface area contributed by atoms with Crippen LogP contribution in [0.2, 0.25) is 5.02 Å². The summed E-state index contributed by atoms with van der Waals surface area (Å²) in [5.74, 6) is -0.361. The number of nitrogens with one attached hydrogen (secondary N) is 1. The number of ether oxygens (including phenoxy) is 1. The largest absolute Gasteiger partial charge is 0.380 e. The van der Waals surface area contributed by atoms with Crippen molar-refractivity contribution in [3.05, 3.63) is 82.6 Å². The molecule has 2 fully saturated rings. The third-order valence-electron chi connectivity index (χ3n) is 7.65. The van der Waals surface area contributed by atoms with Gasteiger partial charge in [-0.25, -0.2) is 22.8 Å². The van der Waals surface area contributed by atoms with Crippen LogP contribution in [0.15, 0.2) is 59.9 Å². The molecule has 10 heteroatoms. The fraction of sp³-hybridized carbons (Fsp3) is 0.429. The van der Waals surface area contributed by atoms with Crippen LogP contribution in [0, 0.1) is 5.82 Å². The van der Waals surface area contributed by atoms with Crippen LogP contribution in [0.3, 0.4) is 0 Å². The average Bonchev–Trinajstić information content (AvgIpc) is 2.85. The van der Waals surface area contributed by atoms with Crippen molar-refractivity contribution >= 4 is 27.1 Å². The van der Waals surface area contributed by atoms with Crippen LogP contribution >= 0.6 is 11.6 Å². The molecule has 1 saturated heterocycles. The number of sulfone groups is 1. The van der Waals surface area contributed by atoms with Gasteiger partial charge < -0.3 is 15.0 Å². The molecule has 2 heterocycles. The highest BCUT2D eigenvalue weighted by molar-refractivity contribution is 7.90. The second-order valence-corrected chi connectivity index (χ2v) is 12.8. The minimum Gasteiger partial charge on any atom is -0.380 e. The third kappa shape index (κ3) is 5.86. The molecule has 202 valence electrons. The van der Waals surface area contributed by atoms with Gasteiger partial charge >= 0.3 is 0 Å². The molecule has 1 aromatic heterocycles. The van der Waals surface area contributed by atoms with Crippen molar-refractivity contribution in [2.24, 2.45) is 0 Å². The van der Waals surface area contributed by atoms with Gasteiger partial charge in [-0.1, -0.05) is 35.9 Å². The first kappa shape index (κ1) is 27.0. The van der Waals surface area contributed by atoms with Crippen molar-refractivity contribution in [1.29, 1.82) is 0 Å². The molecule has 0 unspecified atom stereocenters. The van der Waals surface area contributed by atoms with Gasteiger partial charge in [0.25, 0.3) is 0 Å². The zero-order valence-corrected chi connectivity index (χ0v) is 23.1. The summed E-state index contributed by atoms with van der Waals surface area (Å²) < 4.78 is 46.3. The number of nitrogens with zero attached hydrogens (tertiary/aromatic N) is 3. The van der Waals surface area contributed by atoms with Crippen molar-refractivity contribution in [3.8, 4) is 0 Å². The number of hydrogen-bond acceptors (Lipinski definition) is 7. The number of halogens is 2. The number of benzene rings is 2. The summed E-state index contributed by atoms with van der Waals surface area (Å²) in [6, 6.07) is 13.0. The van der Waals surface area contributed by atoms with Crippen molar-refractivity contribution < 1.29 is 17.5 Å². The zero-order chi connectivity index (χ0) is 26.9. The molecule has 1 N–H and O–H groups in total. The summed E-state index contributed by atoms with van der Waals surface area (Å²) in [7, 11) is 0.121. The van der Waals surface area contributed by atoms with Gasteiger partial charge in [-0.15, -0.1) is 0 Å². The van der Waals surface area contributed by atoms with E-state index in [0.717, 1.165) is 32.5 Å². The molecule has 2 aliphatic rings. The lowest BCUT2D eigenvalue weighted by molar-refractivity contribution is 0.00837. The summed E-state index contributed by atoms with van der Waals surface area (Å²) in [6.45, 7) is 1.58. The molecule has 5 rings (SSSR count). The Hall–Kier alpha value is -2.59. The smallest absolute Gasteiger partial charge is 0.187 e. The first-order valence-corrected chi connectivity index (χ1v) is 14.8. The first-order chi connectivity index (χ1) is 18.2. The molecule has 0 amide bonds. The molecule has 7 nitrogen and oxygen atoms in total. The monoisotopic (exact) mass is 558 g/mol. The van der Waals surface area contributed by atoms with Gasteiger partial charge in [0.05, 0.1) is 35.4 Å². The van der Waals surface area contributed by atoms with Crippen molar-refractivity contribution in [2.75, 3.05) is 32.6 Å². The van der Waals surface area contributed by atoms with E-state index in [1.807, 2.05) is 0 Å². The lowest BCUT2D eigenvalue weighted by Crippen LogP contribution is -2.47. The highest BCUT2D eigenvalue weighted by atomic mass is 35.5. The lowest BCUT2D eigenvalue weighted by atomic mass is 9.77. The Morgan fingerprint density at radius 3 is 2.53 bits per heavy atom. The SMILES string of the molecule is CN(C)[C@H]1C[C@@H](c2cccc(C3COC3)c2)CC[C@@H]1Nc1cc(F)c(S(=O)(=O)Cc2ccncn2)cc1Cl. The predicted octanol–water partition coefficient (Wildman–Crippen LogP) is 5.04. The maximum atomic E-state index is 15.1. The maximum Gasteiger partial charge on any atom is 0.187 e. The summed E-state index contributed by atoms with van der Waals surface area (Å²) in [4.78, 5) is 9.49. The van der Waals surface area contributed by atoms with Crippen LogP contribution in [0.4, 0.5) is 10.1 Å².